The summed E-state index contributed by atoms with van der Waals surface area (Å²) in [7, 11) is -0.561. The number of carbonyl (C=O) groups excluding carboxylic acids is 1. The molecule has 39 heavy (non-hydrogen) atoms. The summed E-state index contributed by atoms with van der Waals surface area (Å²) in [5.41, 5.74) is 0.619. The van der Waals surface area contributed by atoms with Crippen LogP contribution in [0.2, 0.25) is 0 Å². The molecule has 1 aliphatic carbocycles. The van der Waals surface area contributed by atoms with Gasteiger partial charge in [-0.25, -0.2) is 17.1 Å². The Bertz CT molecular complexity index is 1020. The fourth-order valence-corrected chi connectivity index (χ4v) is 7.44. The molecule has 1 atom stereocenters. The van der Waals surface area contributed by atoms with E-state index < -0.39 is 16.2 Å². The van der Waals surface area contributed by atoms with E-state index in [2.05, 4.69) is 16.7 Å². The van der Waals surface area contributed by atoms with Crippen molar-refractivity contribution in [2.24, 2.45) is 11.8 Å². The van der Waals surface area contributed by atoms with Crippen molar-refractivity contribution >= 4 is 15.8 Å². The van der Waals surface area contributed by atoms with E-state index in [4.69, 9.17) is 4.74 Å². The molecule has 3 aliphatic rings. The van der Waals surface area contributed by atoms with E-state index in [0.717, 1.165) is 37.4 Å². The van der Waals surface area contributed by atoms with Crippen molar-refractivity contribution in [1.29, 1.82) is 0 Å². The molecular weight excluding hydrogens is 517 g/mol. The Morgan fingerprint density at radius 3 is 2.28 bits per heavy atom. The van der Waals surface area contributed by atoms with Crippen molar-refractivity contribution in [1.82, 2.24) is 14.1 Å². The smallest absolute Gasteiger partial charge is 0.243 e. The molecule has 2 heterocycles. The average Bonchev–Trinajstić information content (AvgIpc) is 3.32. The van der Waals surface area contributed by atoms with Crippen molar-refractivity contribution in [3.05, 3.63) is 23.8 Å². The zero-order valence-corrected chi connectivity index (χ0v) is 25.5. The highest BCUT2D eigenvalue weighted by Gasteiger charge is 2.30. The highest BCUT2D eigenvalue weighted by atomic mass is 32.2. The van der Waals surface area contributed by atoms with Crippen LogP contribution in [0.25, 0.3) is 0 Å². The maximum atomic E-state index is 13.2. The van der Waals surface area contributed by atoms with E-state index >= 15 is 0 Å². The Kier molecular flexibility index (Phi) is 12.2. The first-order chi connectivity index (χ1) is 18.5. The van der Waals surface area contributed by atoms with E-state index in [0.29, 0.717) is 17.9 Å². The summed E-state index contributed by atoms with van der Waals surface area (Å²) in [6.07, 6.45) is 8.78. The minimum absolute atomic E-state index is 0.0338. The molecule has 0 bridgehead atoms. The first-order valence-electron chi connectivity index (χ1n) is 14.7. The van der Waals surface area contributed by atoms with E-state index in [1.165, 1.54) is 83.1 Å². The molecule has 0 spiro atoms. The third-order valence-electron chi connectivity index (χ3n) is 8.73. The Morgan fingerprint density at radius 2 is 1.74 bits per heavy atom. The van der Waals surface area contributed by atoms with Gasteiger partial charge in [-0.2, -0.15) is 0 Å². The lowest BCUT2D eigenvalue weighted by Gasteiger charge is -2.41. The second-order valence-corrected chi connectivity index (χ2v) is 14.0. The summed E-state index contributed by atoms with van der Waals surface area (Å²) in [6, 6.07) is 5.67. The number of likely N-dealkylation sites (tertiary alicyclic amines) is 2. The van der Waals surface area contributed by atoms with Crippen LogP contribution in [-0.2, 0) is 14.8 Å². The molecule has 0 amide bonds. The molecule has 4 rings (SSSR count). The number of Topliss-reactive ketones (excluding diaryl/α,β-unsaturated/α-hetero) is 1. The van der Waals surface area contributed by atoms with E-state index in [9.17, 15) is 17.6 Å². The van der Waals surface area contributed by atoms with Crippen LogP contribution in [0.5, 0.6) is 5.75 Å². The predicted octanol–water partition coefficient (Wildman–Crippen LogP) is 4.92. The number of rotatable bonds is 9. The molecule has 2 aliphatic heterocycles. The molecule has 2 saturated heterocycles. The van der Waals surface area contributed by atoms with Crippen molar-refractivity contribution in [3.63, 3.8) is 0 Å². The molecule has 1 aromatic carbocycles. The number of alkyl halides is 1. The molecule has 7 nitrogen and oxygen atoms in total. The predicted molar refractivity (Wildman–Crippen MR) is 155 cm³/mol. The number of hydrogen-bond donors (Lipinski definition) is 0. The van der Waals surface area contributed by atoms with Crippen molar-refractivity contribution in [2.45, 2.75) is 89.2 Å². The van der Waals surface area contributed by atoms with Gasteiger partial charge in [0.1, 0.15) is 17.7 Å². The lowest BCUT2D eigenvalue weighted by molar-refractivity contribution is -0.117. The number of halogens is 1. The Balaban J connectivity index is 0.000000216. The monoisotopic (exact) mass is 567 g/mol. The minimum Gasteiger partial charge on any atom is -0.497 e. The van der Waals surface area contributed by atoms with Gasteiger partial charge in [-0.1, -0.05) is 6.92 Å². The number of nitrogens with zero attached hydrogens (tertiary/aromatic N) is 3. The summed E-state index contributed by atoms with van der Waals surface area (Å²) < 4.78 is 44.1. The third kappa shape index (κ3) is 9.51. The topological polar surface area (TPSA) is 70.2 Å². The second-order valence-electron chi connectivity index (χ2n) is 11.9. The number of aryl methyl sites for hydroxylation is 1. The normalized spacial score (nSPS) is 25.4. The Morgan fingerprint density at radius 1 is 1.08 bits per heavy atom. The quantitative estimate of drug-likeness (QED) is 0.422. The summed E-state index contributed by atoms with van der Waals surface area (Å²) >= 11 is 0. The average molecular weight is 568 g/mol. The van der Waals surface area contributed by atoms with Gasteiger partial charge in [0.05, 0.1) is 12.0 Å². The van der Waals surface area contributed by atoms with Crippen molar-refractivity contribution in [2.75, 3.05) is 53.4 Å². The van der Waals surface area contributed by atoms with Crippen LogP contribution in [-0.4, -0.2) is 93.9 Å². The van der Waals surface area contributed by atoms with Crippen LogP contribution in [0, 0.1) is 18.8 Å². The Labute approximate surface area is 236 Å². The summed E-state index contributed by atoms with van der Waals surface area (Å²) in [6.45, 7) is 11.2. The van der Waals surface area contributed by atoms with Crippen LogP contribution in [0.1, 0.15) is 70.8 Å². The van der Waals surface area contributed by atoms with Gasteiger partial charge in [0.15, 0.2) is 0 Å². The van der Waals surface area contributed by atoms with Crippen LogP contribution < -0.4 is 4.74 Å². The first kappa shape index (κ1) is 32.0. The number of sulfonamides is 1. The molecule has 222 valence electrons. The fourth-order valence-electron chi connectivity index (χ4n) is 6.07. The maximum absolute atomic E-state index is 13.2. The highest BCUT2D eigenvalue weighted by molar-refractivity contribution is 7.89. The van der Waals surface area contributed by atoms with Crippen molar-refractivity contribution in [3.8, 4) is 5.75 Å². The number of hydrogen-bond acceptors (Lipinski definition) is 6. The standard InChI is InChI=1S/C17H31FN2.C13H19NO4S/c1-14-2-4-17(5-3-14)20-10-6-15(7-11-20)12-19-9-8-16(18)13-19;1-10-9-12(18-4)5-6-13(10)19(16,17)14(3)8-7-11(2)15/h14-17H,2-13H2,1H3;5-6,9H,7-8H2,1-4H3/t14?,16-,17?;/m0./s1. The number of carbonyl (C=O) groups is 1. The van der Waals surface area contributed by atoms with Crippen LogP contribution in [0.4, 0.5) is 4.39 Å². The molecule has 0 unspecified atom stereocenters. The van der Waals surface area contributed by atoms with E-state index in [1.807, 2.05) is 0 Å². The maximum Gasteiger partial charge on any atom is 0.243 e. The fraction of sp³-hybridized carbons (Fsp3) is 0.767. The summed E-state index contributed by atoms with van der Waals surface area (Å²) in [4.78, 5) is 16.3. The number of methoxy groups -OCH3 is 1. The van der Waals surface area contributed by atoms with Gasteiger partial charge < -0.3 is 14.5 Å². The second kappa shape index (κ2) is 14.9. The van der Waals surface area contributed by atoms with Gasteiger partial charge in [0.25, 0.3) is 0 Å². The van der Waals surface area contributed by atoms with Gasteiger partial charge in [0, 0.05) is 45.7 Å². The van der Waals surface area contributed by atoms with E-state index in [1.54, 1.807) is 19.1 Å². The number of ether oxygens (including phenoxy) is 1. The van der Waals surface area contributed by atoms with E-state index in [-0.39, 0.29) is 23.6 Å². The van der Waals surface area contributed by atoms with Gasteiger partial charge in [-0.3, -0.25) is 4.79 Å². The number of ketones is 1. The zero-order valence-electron chi connectivity index (χ0n) is 24.7. The molecule has 9 heteroatoms. The van der Waals surface area contributed by atoms with Gasteiger partial charge >= 0.3 is 0 Å². The summed E-state index contributed by atoms with van der Waals surface area (Å²) in [5, 5.41) is 0. The van der Waals surface area contributed by atoms with Gasteiger partial charge in [-0.05, 0) is 107 Å². The lowest BCUT2D eigenvalue weighted by atomic mass is 9.85. The molecule has 0 N–H and O–H groups in total. The third-order valence-corrected chi connectivity index (χ3v) is 10.7. The molecule has 3 fully saturated rings. The Hall–Kier alpha value is -1.55. The van der Waals surface area contributed by atoms with Gasteiger partial charge in [0.2, 0.25) is 10.0 Å². The van der Waals surface area contributed by atoms with Gasteiger partial charge in [-0.15, -0.1) is 0 Å². The van der Waals surface area contributed by atoms with Crippen LogP contribution in [0.15, 0.2) is 23.1 Å². The SMILES string of the molecule is CC1CCC(N2CCC(CN3CC[C@H](F)C3)CC2)CC1.COc1ccc(S(=O)(=O)N(C)CCC(C)=O)c(C)c1. The molecule has 1 aromatic rings. The van der Waals surface area contributed by atoms with Crippen LogP contribution >= 0.6 is 0 Å². The molecule has 0 radical (unpaired) electrons. The minimum atomic E-state index is -3.56. The molecule has 0 aromatic heterocycles. The van der Waals surface area contributed by atoms with Crippen LogP contribution in [0.3, 0.4) is 0 Å². The molecular formula is C30H50FN3O4S. The largest absolute Gasteiger partial charge is 0.497 e. The lowest BCUT2D eigenvalue weighted by Crippen LogP contribution is -2.44. The zero-order chi connectivity index (χ0) is 28.6. The first-order valence-corrected chi connectivity index (χ1v) is 16.1. The molecule has 1 saturated carbocycles. The summed E-state index contributed by atoms with van der Waals surface area (Å²) in [5.74, 6) is 2.35. The highest BCUT2D eigenvalue weighted by Crippen LogP contribution is 2.30. The number of benzene rings is 1. The number of piperidine rings is 1. The van der Waals surface area contributed by atoms with Crippen molar-refractivity contribution < 1.29 is 22.3 Å².